The lowest BCUT2D eigenvalue weighted by atomic mass is 9.61. The highest BCUT2D eigenvalue weighted by Gasteiger charge is 2.45. The van der Waals surface area contributed by atoms with Crippen LogP contribution in [0.2, 0.25) is 0 Å². The number of aromatic nitrogens is 1. The summed E-state index contributed by atoms with van der Waals surface area (Å²) in [4.78, 5) is 4.69. The highest BCUT2D eigenvalue weighted by atomic mass is 32.2. The van der Waals surface area contributed by atoms with Crippen LogP contribution in [-0.4, -0.2) is 32.0 Å². The van der Waals surface area contributed by atoms with E-state index in [1.54, 1.807) is 13.2 Å². The third kappa shape index (κ3) is 4.53. The number of thiocarbonyl (C=S) groups is 1. The van der Waals surface area contributed by atoms with E-state index in [1.807, 2.05) is 18.3 Å². The summed E-state index contributed by atoms with van der Waals surface area (Å²) >= 11 is 5.72. The molecule has 1 aromatic heterocycles. The fourth-order valence-corrected chi connectivity index (χ4v) is 5.84. The lowest BCUT2D eigenvalue weighted by molar-refractivity contribution is 0.239. The van der Waals surface area contributed by atoms with Crippen molar-refractivity contribution in [2.24, 2.45) is 5.92 Å². The number of hydrogen-bond donors (Lipinski definition) is 2. The summed E-state index contributed by atoms with van der Waals surface area (Å²) in [7, 11) is -2.14. The van der Waals surface area contributed by atoms with Crippen LogP contribution >= 0.6 is 12.2 Å². The summed E-state index contributed by atoms with van der Waals surface area (Å²) in [6, 6.07) is 6.45. The Kier molecular flexibility index (Phi) is 7.15. The maximum absolute atomic E-state index is 13.4. The zero-order valence-corrected chi connectivity index (χ0v) is 18.3. The van der Waals surface area contributed by atoms with Crippen LogP contribution in [0.5, 0.6) is 0 Å². The summed E-state index contributed by atoms with van der Waals surface area (Å²) < 4.78 is 54.1. The molecule has 0 spiro atoms. The summed E-state index contributed by atoms with van der Waals surface area (Å²) in [6.07, 6.45) is 7.92. The third-order valence-corrected chi connectivity index (χ3v) is 7.89. The predicted molar refractivity (Wildman–Crippen MR) is 116 cm³/mol. The van der Waals surface area contributed by atoms with Gasteiger partial charge in [0.05, 0.1) is 9.88 Å². The second kappa shape index (κ2) is 9.45. The Balaban J connectivity index is 1.80. The van der Waals surface area contributed by atoms with Crippen LogP contribution in [0, 0.1) is 17.6 Å². The molecule has 1 heterocycles. The Morgan fingerprint density at radius 3 is 2.73 bits per heavy atom. The van der Waals surface area contributed by atoms with Crippen LogP contribution in [0.25, 0.3) is 0 Å². The molecule has 5 nitrogen and oxygen atoms in total. The Morgan fingerprint density at radius 2 is 2.07 bits per heavy atom. The molecule has 2 aromatic rings. The van der Waals surface area contributed by atoms with Crippen molar-refractivity contribution in [2.75, 3.05) is 13.6 Å². The minimum absolute atomic E-state index is 0.114. The maximum atomic E-state index is 13.4. The molecule has 3 rings (SSSR count). The fraction of sp³-hybridized carbons (Fsp3) is 0.429. The number of benzene rings is 1. The molecule has 1 aliphatic carbocycles. The molecule has 0 bridgehead atoms. The normalized spacial score (nSPS) is 21.9. The molecule has 2 atom stereocenters. The first-order valence-corrected chi connectivity index (χ1v) is 11.8. The number of sulfonamides is 1. The topological polar surface area (TPSA) is 71.1 Å². The number of likely N-dealkylation sites (N-methyl/N-ethyl adjacent to an activating group) is 1. The summed E-state index contributed by atoms with van der Waals surface area (Å²) in [5.74, 6) is -2.17. The van der Waals surface area contributed by atoms with Gasteiger partial charge >= 0.3 is 0 Å². The van der Waals surface area contributed by atoms with Gasteiger partial charge in [0, 0.05) is 31.4 Å². The van der Waals surface area contributed by atoms with Crippen LogP contribution in [0.1, 0.15) is 37.7 Å². The van der Waals surface area contributed by atoms with E-state index in [2.05, 4.69) is 15.0 Å². The van der Waals surface area contributed by atoms with Crippen LogP contribution in [0.15, 0.2) is 47.6 Å². The average molecular weight is 454 g/mol. The van der Waals surface area contributed by atoms with Crippen molar-refractivity contribution in [3.63, 3.8) is 0 Å². The van der Waals surface area contributed by atoms with Crippen LogP contribution < -0.4 is 10.0 Å². The van der Waals surface area contributed by atoms with Gasteiger partial charge in [-0.1, -0.05) is 31.1 Å². The lowest BCUT2D eigenvalue weighted by Crippen LogP contribution is -2.50. The molecular formula is C21H25F2N3O2S2. The van der Waals surface area contributed by atoms with E-state index in [1.165, 1.54) is 0 Å². The van der Waals surface area contributed by atoms with Crippen LogP contribution in [0.3, 0.4) is 0 Å². The SMILES string of the molecule is CNC(=S)C1(c2cccnc2)CCCCC1CCNS(=O)(=O)c1ccc(F)c(F)c1. The van der Waals surface area contributed by atoms with E-state index < -0.39 is 27.1 Å². The minimum atomic E-state index is -3.95. The molecule has 30 heavy (non-hydrogen) atoms. The Hall–Kier alpha value is -1.97. The molecular weight excluding hydrogens is 428 g/mol. The Morgan fingerprint density at radius 1 is 1.27 bits per heavy atom. The fourth-order valence-electron chi connectivity index (χ4n) is 4.39. The zero-order chi connectivity index (χ0) is 21.8. The van der Waals surface area contributed by atoms with E-state index in [0.29, 0.717) is 12.5 Å². The lowest BCUT2D eigenvalue weighted by Gasteiger charge is -2.45. The first-order chi connectivity index (χ1) is 14.3. The molecule has 0 aliphatic heterocycles. The molecule has 1 aromatic carbocycles. The van der Waals surface area contributed by atoms with Crippen molar-refractivity contribution < 1.29 is 17.2 Å². The van der Waals surface area contributed by atoms with E-state index in [9.17, 15) is 17.2 Å². The van der Waals surface area contributed by atoms with Crippen molar-refractivity contribution >= 4 is 27.2 Å². The van der Waals surface area contributed by atoms with Crippen molar-refractivity contribution in [3.8, 4) is 0 Å². The van der Waals surface area contributed by atoms with Crippen LogP contribution in [0.4, 0.5) is 8.78 Å². The monoisotopic (exact) mass is 453 g/mol. The van der Waals surface area contributed by atoms with Gasteiger partial charge < -0.3 is 5.32 Å². The molecule has 1 saturated carbocycles. The first kappa shape index (κ1) is 22.7. The summed E-state index contributed by atoms with van der Waals surface area (Å²) in [5.41, 5.74) is 0.613. The molecule has 1 aliphatic rings. The molecule has 1 fully saturated rings. The molecule has 0 radical (unpaired) electrons. The van der Waals surface area contributed by atoms with Gasteiger partial charge in [-0.3, -0.25) is 4.98 Å². The minimum Gasteiger partial charge on any atom is -0.382 e. The van der Waals surface area contributed by atoms with E-state index in [0.717, 1.165) is 48.4 Å². The third-order valence-electron chi connectivity index (χ3n) is 5.87. The molecule has 2 unspecified atom stereocenters. The molecule has 162 valence electrons. The standard InChI is InChI=1S/C21H25F2N3O2S2/c1-24-20(29)21(16-6-4-11-25-14-16)10-3-2-5-15(21)9-12-26-30(27,28)17-7-8-18(22)19(23)13-17/h4,6-8,11,13-15,26H,2-3,5,9-10,12H2,1H3,(H,24,29). The Bertz CT molecular complexity index is 1000. The van der Waals surface area contributed by atoms with E-state index in [4.69, 9.17) is 12.2 Å². The first-order valence-electron chi connectivity index (χ1n) is 9.88. The van der Waals surface area contributed by atoms with Crippen molar-refractivity contribution in [2.45, 2.75) is 42.4 Å². The van der Waals surface area contributed by atoms with Gasteiger partial charge in [0.1, 0.15) is 0 Å². The Labute approximate surface area is 181 Å². The number of halogens is 2. The number of rotatable bonds is 7. The zero-order valence-electron chi connectivity index (χ0n) is 16.7. The molecule has 0 amide bonds. The molecule has 0 saturated heterocycles. The summed E-state index contributed by atoms with van der Waals surface area (Å²) in [6.45, 7) is 0.167. The van der Waals surface area contributed by atoms with Gasteiger partial charge in [0.25, 0.3) is 0 Å². The van der Waals surface area contributed by atoms with E-state index >= 15 is 0 Å². The van der Waals surface area contributed by atoms with Gasteiger partial charge in [-0.25, -0.2) is 21.9 Å². The number of pyridine rings is 1. The van der Waals surface area contributed by atoms with Gasteiger partial charge in [-0.15, -0.1) is 0 Å². The van der Waals surface area contributed by atoms with E-state index in [-0.39, 0.29) is 17.4 Å². The van der Waals surface area contributed by atoms with Crippen molar-refractivity contribution in [3.05, 3.63) is 59.9 Å². The van der Waals surface area contributed by atoms with Crippen molar-refractivity contribution in [1.29, 1.82) is 0 Å². The number of hydrogen-bond acceptors (Lipinski definition) is 4. The highest BCUT2D eigenvalue weighted by molar-refractivity contribution is 7.89. The maximum Gasteiger partial charge on any atom is 0.240 e. The van der Waals surface area contributed by atoms with Gasteiger partial charge in [-0.2, -0.15) is 0 Å². The second-order valence-electron chi connectivity index (χ2n) is 7.50. The van der Waals surface area contributed by atoms with Gasteiger partial charge in [-0.05, 0) is 55.0 Å². The predicted octanol–water partition coefficient (Wildman–Crippen LogP) is 3.70. The smallest absolute Gasteiger partial charge is 0.240 e. The summed E-state index contributed by atoms with van der Waals surface area (Å²) in [5, 5.41) is 3.14. The number of nitrogens with one attached hydrogen (secondary N) is 2. The highest BCUT2D eigenvalue weighted by Crippen LogP contribution is 2.46. The number of nitrogens with zero attached hydrogens (tertiary/aromatic N) is 1. The second-order valence-corrected chi connectivity index (χ2v) is 9.67. The van der Waals surface area contributed by atoms with Crippen molar-refractivity contribution in [1.82, 2.24) is 15.0 Å². The van der Waals surface area contributed by atoms with Crippen LogP contribution in [-0.2, 0) is 15.4 Å². The quantitative estimate of drug-likeness (QED) is 0.626. The molecule has 9 heteroatoms. The van der Waals surface area contributed by atoms with Gasteiger partial charge in [0.2, 0.25) is 10.0 Å². The average Bonchev–Trinajstić information content (AvgIpc) is 2.76. The molecule has 2 N–H and O–H groups in total. The van der Waals surface area contributed by atoms with Gasteiger partial charge in [0.15, 0.2) is 11.6 Å². The largest absolute Gasteiger partial charge is 0.382 e.